The van der Waals surface area contributed by atoms with Gasteiger partial charge >= 0.3 is 5.97 Å². The van der Waals surface area contributed by atoms with Crippen LogP contribution in [0.1, 0.15) is 40.5 Å². The Morgan fingerprint density at radius 3 is 2.81 bits per heavy atom. The van der Waals surface area contributed by atoms with Crippen molar-refractivity contribution in [2.75, 3.05) is 7.11 Å². The third-order valence-electron chi connectivity index (χ3n) is 3.06. The van der Waals surface area contributed by atoms with E-state index in [0.29, 0.717) is 17.1 Å². The number of benzene rings is 1. The maximum absolute atomic E-state index is 11.5. The lowest BCUT2D eigenvalue weighted by Gasteiger charge is -2.08. The highest BCUT2D eigenvalue weighted by Crippen LogP contribution is 2.21. The molecule has 0 radical (unpaired) electrons. The zero-order valence-corrected chi connectivity index (χ0v) is 12.3. The van der Waals surface area contributed by atoms with E-state index in [-0.39, 0.29) is 12.4 Å². The molecule has 5 heteroatoms. The van der Waals surface area contributed by atoms with Crippen LogP contribution in [0.4, 0.5) is 0 Å². The van der Waals surface area contributed by atoms with E-state index in [2.05, 4.69) is 4.74 Å². The van der Waals surface area contributed by atoms with Crippen molar-refractivity contribution in [3.05, 3.63) is 53.0 Å². The van der Waals surface area contributed by atoms with E-state index in [9.17, 15) is 9.90 Å². The van der Waals surface area contributed by atoms with Crippen molar-refractivity contribution in [3.63, 3.8) is 0 Å². The standard InChI is InChI=1S/C16H18O5/c1-10-7-14(21-15(10)16(18)19-3)9-20-13-6-4-5-12(8-13)11(2)17/h4-8,11,17H,9H2,1-3H3. The molecule has 1 unspecified atom stereocenters. The zero-order valence-electron chi connectivity index (χ0n) is 12.3. The van der Waals surface area contributed by atoms with Crippen molar-refractivity contribution < 1.29 is 23.8 Å². The minimum Gasteiger partial charge on any atom is -0.486 e. The molecule has 0 amide bonds. The molecule has 5 nitrogen and oxygen atoms in total. The Labute approximate surface area is 123 Å². The van der Waals surface area contributed by atoms with Crippen LogP contribution < -0.4 is 4.74 Å². The maximum atomic E-state index is 11.5. The molecule has 1 heterocycles. The molecule has 1 aromatic heterocycles. The van der Waals surface area contributed by atoms with Gasteiger partial charge in [0, 0.05) is 5.56 Å². The van der Waals surface area contributed by atoms with Gasteiger partial charge < -0.3 is 19.0 Å². The molecule has 0 saturated carbocycles. The summed E-state index contributed by atoms with van der Waals surface area (Å²) < 4.78 is 15.7. The monoisotopic (exact) mass is 290 g/mol. The van der Waals surface area contributed by atoms with Gasteiger partial charge in [0.25, 0.3) is 0 Å². The van der Waals surface area contributed by atoms with Crippen molar-refractivity contribution in [2.24, 2.45) is 0 Å². The average Bonchev–Trinajstić information content (AvgIpc) is 2.85. The summed E-state index contributed by atoms with van der Waals surface area (Å²) in [5.41, 5.74) is 1.48. The Kier molecular flexibility index (Phi) is 4.65. The van der Waals surface area contributed by atoms with Crippen LogP contribution in [-0.2, 0) is 11.3 Å². The SMILES string of the molecule is COC(=O)c1oc(COc2cccc(C(C)O)c2)cc1C. The minimum atomic E-state index is -0.551. The van der Waals surface area contributed by atoms with E-state index < -0.39 is 12.1 Å². The van der Waals surface area contributed by atoms with E-state index in [1.54, 1.807) is 32.0 Å². The van der Waals surface area contributed by atoms with E-state index in [1.165, 1.54) is 7.11 Å². The second kappa shape index (κ2) is 6.45. The summed E-state index contributed by atoms with van der Waals surface area (Å²) in [4.78, 5) is 11.5. The number of rotatable bonds is 5. The summed E-state index contributed by atoms with van der Waals surface area (Å²) in [7, 11) is 1.31. The van der Waals surface area contributed by atoms with Crippen LogP contribution >= 0.6 is 0 Å². The van der Waals surface area contributed by atoms with E-state index in [0.717, 1.165) is 5.56 Å². The Hall–Kier alpha value is -2.27. The normalized spacial score (nSPS) is 12.0. The third-order valence-corrected chi connectivity index (χ3v) is 3.06. The number of hydrogen-bond acceptors (Lipinski definition) is 5. The molecule has 2 rings (SSSR count). The molecule has 112 valence electrons. The molecule has 21 heavy (non-hydrogen) atoms. The molecular weight excluding hydrogens is 272 g/mol. The zero-order chi connectivity index (χ0) is 15.4. The summed E-state index contributed by atoms with van der Waals surface area (Å²) in [5.74, 6) is 0.848. The van der Waals surface area contributed by atoms with Crippen LogP contribution in [0.5, 0.6) is 5.75 Å². The first-order chi connectivity index (χ1) is 10.0. The number of esters is 1. The predicted molar refractivity (Wildman–Crippen MR) is 76.2 cm³/mol. The molecule has 0 aliphatic carbocycles. The number of ether oxygens (including phenoxy) is 2. The molecule has 0 fully saturated rings. The Bertz CT molecular complexity index is 627. The first kappa shape index (κ1) is 15.1. The molecule has 0 spiro atoms. The highest BCUT2D eigenvalue weighted by atomic mass is 16.5. The number of aryl methyl sites for hydroxylation is 1. The van der Waals surface area contributed by atoms with Gasteiger partial charge in [0.15, 0.2) is 0 Å². The van der Waals surface area contributed by atoms with Crippen molar-refractivity contribution in [3.8, 4) is 5.75 Å². The first-order valence-electron chi connectivity index (χ1n) is 6.59. The van der Waals surface area contributed by atoms with Crippen LogP contribution in [0, 0.1) is 6.92 Å². The molecule has 0 saturated heterocycles. The number of furan rings is 1. The number of hydrogen-bond donors (Lipinski definition) is 1. The number of aliphatic hydroxyl groups is 1. The van der Waals surface area contributed by atoms with Gasteiger partial charge in [-0.3, -0.25) is 0 Å². The quantitative estimate of drug-likeness (QED) is 0.857. The Morgan fingerprint density at radius 2 is 2.14 bits per heavy atom. The van der Waals surface area contributed by atoms with Gasteiger partial charge in [0.05, 0.1) is 13.2 Å². The second-order valence-corrected chi connectivity index (χ2v) is 4.75. The fourth-order valence-corrected chi connectivity index (χ4v) is 1.93. The molecule has 1 N–H and O–H groups in total. The Morgan fingerprint density at radius 1 is 1.38 bits per heavy atom. The Balaban J connectivity index is 2.06. The van der Waals surface area contributed by atoms with Gasteiger partial charge in [-0.05, 0) is 37.6 Å². The number of methoxy groups -OCH3 is 1. The fraction of sp³-hybridized carbons (Fsp3) is 0.312. The fourth-order valence-electron chi connectivity index (χ4n) is 1.93. The summed E-state index contributed by atoms with van der Waals surface area (Å²) in [5, 5.41) is 9.54. The first-order valence-corrected chi connectivity index (χ1v) is 6.59. The third kappa shape index (κ3) is 3.64. The van der Waals surface area contributed by atoms with Crippen molar-refractivity contribution in [2.45, 2.75) is 26.6 Å². The van der Waals surface area contributed by atoms with Gasteiger partial charge in [0.2, 0.25) is 5.76 Å². The summed E-state index contributed by atoms with van der Waals surface area (Å²) >= 11 is 0. The molecule has 2 aromatic rings. The van der Waals surface area contributed by atoms with Crippen LogP contribution in [0.2, 0.25) is 0 Å². The summed E-state index contributed by atoms with van der Waals surface area (Å²) in [6.45, 7) is 3.66. The summed E-state index contributed by atoms with van der Waals surface area (Å²) in [6.07, 6.45) is -0.551. The van der Waals surface area contributed by atoms with Gasteiger partial charge in [-0.15, -0.1) is 0 Å². The van der Waals surface area contributed by atoms with Gasteiger partial charge in [-0.1, -0.05) is 12.1 Å². The predicted octanol–water partition coefficient (Wildman–Crippen LogP) is 3.01. The van der Waals surface area contributed by atoms with Crippen LogP contribution in [0.3, 0.4) is 0 Å². The van der Waals surface area contributed by atoms with Gasteiger partial charge in [-0.2, -0.15) is 0 Å². The van der Waals surface area contributed by atoms with Crippen molar-refractivity contribution in [1.82, 2.24) is 0 Å². The average molecular weight is 290 g/mol. The van der Waals surface area contributed by atoms with Gasteiger partial charge in [0.1, 0.15) is 18.1 Å². The van der Waals surface area contributed by atoms with Gasteiger partial charge in [-0.25, -0.2) is 4.79 Å². The van der Waals surface area contributed by atoms with Crippen LogP contribution in [0.15, 0.2) is 34.7 Å². The molecule has 1 aromatic carbocycles. The lowest BCUT2D eigenvalue weighted by atomic mass is 10.1. The minimum absolute atomic E-state index is 0.189. The second-order valence-electron chi connectivity index (χ2n) is 4.75. The number of carbonyl (C=O) groups is 1. The number of carbonyl (C=O) groups excluding carboxylic acids is 1. The molecular formula is C16H18O5. The lowest BCUT2D eigenvalue weighted by Crippen LogP contribution is -2.00. The van der Waals surface area contributed by atoms with Crippen LogP contribution in [0.25, 0.3) is 0 Å². The lowest BCUT2D eigenvalue weighted by molar-refractivity contribution is 0.0559. The smallest absolute Gasteiger partial charge is 0.374 e. The molecule has 1 atom stereocenters. The molecule has 0 aliphatic heterocycles. The van der Waals surface area contributed by atoms with Crippen molar-refractivity contribution in [1.29, 1.82) is 0 Å². The van der Waals surface area contributed by atoms with E-state index in [1.807, 2.05) is 12.1 Å². The van der Waals surface area contributed by atoms with E-state index in [4.69, 9.17) is 9.15 Å². The highest BCUT2D eigenvalue weighted by Gasteiger charge is 2.16. The number of aliphatic hydroxyl groups excluding tert-OH is 1. The van der Waals surface area contributed by atoms with Crippen molar-refractivity contribution >= 4 is 5.97 Å². The molecule has 0 bridgehead atoms. The van der Waals surface area contributed by atoms with Crippen LogP contribution in [-0.4, -0.2) is 18.2 Å². The highest BCUT2D eigenvalue weighted by molar-refractivity contribution is 5.87. The maximum Gasteiger partial charge on any atom is 0.374 e. The topological polar surface area (TPSA) is 68.9 Å². The van der Waals surface area contributed by atoms with E-state index >= 15 is 0 Å². The largest absolute Gasteiger partial charge is 0.486 e. The molecule has 0 aliphatic rings. The summed E-state index contributed by atoms with van der Waals surface area (Å²) in [6, 6.07) is 8.93.